The van der Waals surface area contributed by atoms with E-state index in [0.717, 1.165) is 29.7 Å². The molecular weight excluding hydrogens is 646 g/mol. The average Bonchev–Trinajstić information content (AvgIpc) is 3.08. The number of carbonyl (C=O) groups excluding carboxylic acids is 1. The van der Waals surface area contributed by atoms with E-state index in [2.05, 4.69) is 80.6 Å². The molecule has 1 amide bonds. The van der Waals surface area contributed by atoms with E-state index in [1.807, 2.05) is 55.5 Å². The summed E-state index contributed by atoms with van der Waals surface area (Å²) in [6, 6.07) is 20.3. The molecule has 3 aromatic carbocycles. The molecule has 0 saturated carbocycles. The van der Waals surface area contributed by atoms with Gasteiger partial charge in [-0.1, -0.05) is 47.5 Å². The van der Waals surface area contributed by atoms with Crippen molar-refractivity contribution >= 4 is 79.8 Å². The minimum atomic E-state index is -0.134. The first-order chi connectivity index (χ1) is 15.4. The van der Waals surface area contributed by atoms with Gasteiger partial charge < -0.3 is 10.1 Å². The molecule has 0 aromatic heterocycles. The van der Waals surface area contributed by atoms with Crippen molar-refractivity contribution in [1.82, 2.24) is 5.32 Å². The van der Waals surface area contributed by atoms with Crippen LogP contribution in [-0.2, 0) is 11.4 Å². The third-order valence-electron chi connectivity index (χ3n) is 4.70. The standard InChI is InChI=1S/C25H20I2N2O2S/c1-15-6-8-19(9-7-15)28-25-29-24(30)22(32-25)13-18-11-20(26)23(21(27)12-18)31-14-17-5-3-4-16(2)10-17/h3-13H,14H2,1-2H3,(H,28,29,30)/b22-13+. The van der Waals surface area contributed by atoms with Gasteiger partial charge in [0, 0.05) is 0 Å². The lowest BCUT2D eigenvalue weighted by Crippen LogP contribution is -2.19. The molecule has 0 atom stereocenters. The summed E-state index contributed by atoms with van der Waals surface area (Å²) in [5.74, 6) is 0.727. The van der Waals surface area contributed by atoms with Crippen molar-refractivity contribution in [3.63, 3.8) is 0 Å². The van der Waals surface area contributed by atoms with Crippen LogP contribution >= 0.6 is 56.9 Å². The van der Waals surface area contributed by atoms with E-state index in [9.17, 15) is 4.79 Å². The number of nitrogens with one attached hydrogen (secondary N) is 1. The second-order valence-electron chi connectivity index (χ2n) is 7.41. The summed E-state index contributed by atoms with van der Waals surface area (Å²) in [5, 5.41) is 3.44. The molecular formula is C25H20I2N2O2S. The highest BCUT2D eigenvalue weighted by molar-refractivity contribution is 14.1. The Labute approximate surface area is 219 Å². The molecule has 32 heavy (non-hydrogen) atoms. The largest absolute Gasteiger partial charge is 0.487 e. The van der Waals surface area contributed by atoms with Crippen LogP contribution < -0.4 is 10.1 Å². The second kappa shape index (κ2) is 10.4. The highest BCUT2D eigenvalue weighted by Gasteiger charge is 2.24. The average molecular weight is 666 g/mol. The highest BCUT2D eigenvalue weighted by Crippen LogP contribution is 2.33. The first kappa shape index (κ1) is 23.3. The summed E-state index contributed by atoms with van der Waals surface area (Å²) >= 11 is 5.92. The van der Waals surface area contributed by atoms with Gasteiger partial charge >= 0.3 is 0 Å². The van der Waals surface area contributed by atoms with E-state index in [1.54, 1.807) is 0 Å². The fourth-order valence-electron chi connectivity index (χ4n) is 3.13. The van der Waals surface area contributed by atoms with Gasteiger partial charge in [0.15, 0.2) is 5.17 Å². The first-order valence-electron chi connectivity index (χ1n) is 9.91. The maximum absolute atomic E-state index is 12.4. The van der Waals surface area contributed by atoms with Crippen molar-refractivity contribution in [3.8, 4) is 5.75 Å². The van der Waals surface area contributed by atoms with Crippen molar-refractivity contribution in [2.45, 2.75) is 20.5 Å². The molecule has 1 heterocycles. The van der Waals surface area contributed by atoms with Crippen LogP contribution in [0.2, 0.25) is 0 Å². The lowest BCUT2D eigenvalue weighted by molar-refractivity contribution is -0.115. The zero-order valence-electron chi connectivity index (χ0n) is 17.5. The number of carbonyl (C=O) groups is 1. The normalized spacial score (nSPS) is 15.9. The van der Waals surface area contributed by atoms with Gasteiger partial charge in [0.1, 0.15) is 12.4 Å². The molecule has 1 fully saturated rings. The number of rotatable bonds is 5. The number of aryl methyl sites for hydroxylation is 2. The van der Waals surface area contributed by atoms with Gasteiger partial charge in [0.2, 0.25) is 0 Å². The van der Waals surface area contributed by atoms with Gasteiger partial charge in [0.05, 0.1) is 17.7 Å². The Bertz CT molecular complexity index is 1210. The Morgan fingerprint density at radius 2 is 1.72 bits per heavy atom. The number of amides is 1. The lowest BCUT2D eigenvalue weighted by atomic mass is 10.1. The number of aliphatic imine (C=N–C) groups is 1. The third-order valence-corrected chi connectivity index (χ3v) is 7.21. The maximum Gasteiger partial charge on any atom is 0.264 e. The summed E-state index contributed by atoms with van der Waals surface area (Å²) in [4.78, 5) is 17.6. The van der Waals surface area contributed by atoms with E-state index in [1.165, 1.54) is 22.9 Å². The smallest absolute Gasteiger partial charge is 0.264 e. The number of thioether (sulfide) groups is 1. The number of hydrogen-bond donors (Lipinski definition) is 1. The van der Waals surface area contributed by atoms with E-state index in [0.29, 0.717) is 16.7 Å². The van der Waals surface area contributed by atoms with E-state index < -0.39 is 0 Å². The molecule has 0 radical (unpaired) electrons. The zero-order valence-corrected chi connectivity index (χ0v) is 22.6. The number of halogens is 2. The monoisotopic (exact) mass is 666 g/mol. The van der Waals surface area contributed by atoms with Crippen molar-refractivity contribution in [3.05, 3.63) is 95.0 Å². The fourth-order valence-corrected chi connectivity index (χ4v) is 6.10. The van der Waals surface area contributed by atoms with Gasteiger partial charge in [-0.3, -0.25) is 4.79 Å². The highest BCUT2D eigenvalue weighted by atomic mass is 127. The zero-order chi connectivity index (χ0) is 22.7. The molecule has 0 unspecified atom stereocenters. The summed E-state index contributed by atoms with van der Waals surface area (Å²) < 4.78 is 8.12. The summed E-state index contributed by atoms with van der Waals surface area (Å²) in [5.41, 5.74) is 5.31. The number of ether oxygens (including phenoxy) is 1. The van der Waals surface area contributed by atoms with E-state index in [4.69, 9.17) is 4.74 Å². The van der Waals surface area contributed by atoms with Crippen LogP contribution in [0.15, 0.2) is 70.6 Å². The van der Waals surface area contributed by atoms with Gasteiger partial charge in [-0.15, -0.1) is 0 Å². The molecule has 7 heteroatoms. The summed E-state index contributed by atoms with van der Waals surface area (Å²) in [6.07, 6.45) is 1.90. The molecule has 1 N–H and O–H groups in total. The number of hydrogen-bond acceptors (Lipinski definition) is 4. The van der Waals surface area contributed by atoms with Crippen LogP contribution in [0, 0.1) is 21.0 Å². The molecule has 4 nitrogen and oxygen atoms in total. The number of benzene rings is 3. The van der Waals surface area contributed by atoms with Crippen molar-refractivity contribution in [1.29, 1.82) is 0 Å². The third kappa shape index (κ3) is 5.93. The van der Waals surface area contributed by atoms with Crippen LogP contribution in [-0.4, -0.2) is 11.1 Å². The number of nitrogens with zero attached hydrogens (tertiary/aromatic N) is 1. The van der Waals surface area contributed by atoms with Crippen LogP contribution in [0.4, 0.5) is 5.69 Å². The number of amidine groups is 1. The first-order valence-corrected chi connectivity index (χ1v) is 12.9. The van der Waals surface area contributed by atoms with Crippen LogP contribution in [0.5, 0.6) is 5.75 Å². The van der Waals surface area contributed by atoms with Crippen LogP contribution in [0.25, 0.3) is 6.08 Å². The molecule has 3 aromatic rings. The predicted molar refractivity (Wildman–Crippen MR) is 149 cm³/mol. The Balaban J connectivity index is 1.50. The molecule has 0 bridgehead atoms. The van der Waals surface area contributed by atoms with Gasteiger partial charge in [-0.25, -0.2) is 4.99 Å². The summed E-state index contributed by atoms with van der Waals surface area (Å²) in [7, 11) is 0. The Morgan fingerprint density at radius 1 is 1.00 bits per heavy atom. The van der Waals surface area contributed by atoms with Gasteiger partial charge in [-0.05, 0) is 112 Å². The van der Waals surface area contributed by atoms with E-state index >= 15 is 0 Å². The van der Waals surface area contributed by atoms with Crippen LogP contribution in [0.3, 0.4) is 0 Å². The molecule has 162 valence electrons. The predicted octanol–water partition coefficient (Wildman–Crippen LogP) is 6.98. The minimum absolute atomic E-state index is 0.134. The second-order valence-corrected chi connectivity index (χ2v) is 10.8. The molecule has 0 aliphatic carbocycles. The van der Waals surface area contributed by atoms with Gasteiger partial charge in [0.25, 0.3) is 5.91 Å². The van der Waals surface area contributed by atoms with E-state index in [-0.39, 0.29) is 5.91 Å². The fraction of sp³-hybridized carbons (Fsp3) is 0.120. The molecule has 0 spiro atoms. The Kier molecular flexibility index (Phi) is 7.57. The maximum atomic E-state index is 12.4. The van der Waals surface area contributed by atoms with Crippen molar-refractivity contribution < 1.29 is 9.53 Å². The van der Waals surface area contributed by atoms with Crippen LogP contribution in [0.1, 0.15) is 22.3 Å². The van der Waals surface area contributed by atoms with Gasteiger partial charge in [-0.2, -0.15) is 0 Å². The Morgan fingerprint density at radius 3 is 2.41 bits per heavy atom. The minimum Gasteiger partial charge on any atom is -0.487 e. The summed E-state index contributed by atoms with van der Waals surface area (Å²) in [6.45, 7) is 4.63. The van der Waals surface area contributed by atoms with Crippen molar-refractivity contribution in [2.75, 3.05) is 0 Å². The Hall–Kier alpha value is -1.85. The lowest BCUT2D eigenvalue weighted by Gasteiger charge is -2.12. The van der Waals surface area contributed by atoms with Crippen molar-refractivity contribution in [2.24, 2.45) is 4.99 Å². The quantitative estimate of drug-likeness (QED) is 0.236. The molecule has 1 aliphatic heterocycles. The SMILES string of the molecule is Cc1ccc(N=C2NC(=O)/C(=C\c3cc(I)c(OCc4cccc(C)c4)c(I)c3)S2)cc1. The topological polar surface area (TPSA) is 50.7 Å². The molecule has 1 aliphatic rings. The molecule has 4 rings (SSSR count). The molecule has 1 saturated heterocycles.